The van der Waals surface area contributed by atoms with Crippen molar-refractivity contribution in [1.29, 1.82) is 0 Å². The third kappa shape index (κ3) is 3.95. The van der Waals surface area contributed by atoms with Crippen LogP contribution < -0.4 is 10.1 Å². The molecule has 0 aliphatic carbocycles. The summed E-state index contributed by atoms with van der Waals surface area (Å²) in [4.78, 5) is 14.5. The minimum absolute atomic E-state index is 0.0535. The molecular weight excluding hydrogens is 312 g/mol. The molecule has 1 aliphatic heterocycles. The number of hydrogen-bond acceptors (Lipinski definition) is 3. The average molecular weight is 338 g/mol. The van der Waals surface area contributed by atoms with E-state index in [4.69, 9.17) is 4.74 Å². The second kappa shape index (κ2) is 7.60. The van der Waals surface area contributed by atoms with Gasteiger partial charge in [-0.25, -0.2) is 0 Å². The zero-order chi connectivity index (χ0) is 17.8. The van der Waals surface area contributed by atoms with Crippen molar-refractivity contribution in [1.82, 2.24) is 4.90 Å². The van der Waals surface area contributed by atoms with Gasteiger partial charge in [-0.05, 0) is 49.1 Å². The van der Waals surface area contributed by atoms with E-state index in [1.54, 1.807) is 0 Å². The number of fused-ring (bicyclic) bond motifs is 1. The summed E-state index contributed by atoms with van der Waals surface area (Å²) < 4.78 is 5.94. The van der Waals surface area contributed by atoms with Gasteiger partial charge in [-0.2, -0.15) is 0 Å². The van der Waals surface area contributed by atoms with Crippen molar-refractivity contribution in [2.45, 2.75) is 33.4 Å². The Morgan fingerprint density at radius 2 is 1.84 bits per heavy atom. The zero-order valence-electron chi connectivity index (χ0n) is 15.2. The van der Waals surface area contributed by atoms with Crippen molar-refractivity contribution in [3.63, 3.8) is 0 Å². The van der Waals surface area contributed by atoms with Gasteiger partial charge in [-0.3, -0.25) is 4.79 Å². The predicted molar refractivity (Wildman–Crippen MR) is 101 cm³/mol. The molecule has 1 aliphatic rings. The van der Waals surface area contributed by atoms with Crippen molar-refractivity contribution < 1.29 is 9.53 Å². The van der Waals surface area contributed by atoms with Gasteiger partial charge in [-0.1, -0.05) is 38.1 Å². The molecule has 3 rings (SSSR count). The highest BCUT2D eigenvalue weighted by atomic mass is 16.5. The SMILES string of the molecule is CCN1C(=O)c2ccccc2NC1COc1ccc(CC(C)C)cc1. The standard InChI is InChI=1S/C21H26N2O2/c1-4-23-20(22-19-8-6-5-7-18(19)21(23)24)14-25-17-11-9-16(10-12-17)13-15(2)3/h5-12,15,20,22H,4,13-14H2,1-3H3. The average Bonchev–Trinajstić information content (AvgIpc) is 2.61. The summed E-state index contributed by atoms with van der Waals surface area (Å²) in [5.41, 5.74) is 2.91. The van der Waals surface area contributed by atoms with Gasteiger partial charge < -0.3 is 15.0 Å². The second-order valence-electron chi connectivity index (χ2n) is 6.85. The van der Waals surface area contributed by atoms with E-state index in [9.17, 15) is 4.79 Å². The van der Waals surface area contributed by atoms with Gasteiger partial charge >= 0.3 is 0 Å². The Bertz CT molecular complexity index is 725. The van der Waals surface area contributed by atoms with Gasteiger partial charge in [-0.15, -0.1) is 0 Å². The lowest BCUT2D eigenvalue weighted by Crippen LogP contribution is -2.51. The van der Waals surface area contributed by atoms with Crippen LogP contribution in [0.15, 0.2) is 48.5 Å². The number of anilines is 1. The number of amides is 1. The largest absolute Gasteiger partial charge is 0.489 e. The molecule has 2 aromatic rings. The first-order valence-electron chi connectivity index (χ1n) is 8.96. The lowest BCUT2D eigenvalue weighted by Gasteiger charge is -2.37. The summed E-state index contributed by atoms with van der Waals surface area (Å²) in [6.07, 6.45) is 0.905. The van der Waals surface area contributed by atoms with E-state index < -0.39 is 0 Å². The molecule has 25 heavy (non-hydrogen) atoms. The molecule has 1 unspecified atom stereocenters. The maximum atomic E-state index is 12.6. The Morgan fingerprint density at radius 3 is 2.52 bits per heavy atom. The second-order valence-corrected chi connectivity index (χ2v) is 6.85. The molecule has 0 saturated heterocycles. The monoisotopic (exact) mass is 338 g/mol. The molecule has 4 heteroatoms. The number of rotatable bonds is 6. The molecule has 4 nitrogen and oxygen atoms in total. The van der Waals surface area contributed by atoms with Gasteiger partial charge in [0, 0.05) is 12.2 Å². The number of nitrogens with one attached hydrogen (secondary N) is 1. The lowest BCUT2D eigenvalue weighted by atomic mass is 10.0. The molecule has 0 fully saturated rings. The molecule has 0 radical (unpaired) electrons. The maximum absolute atomic E-state index is 12.6. The Kier molecular flexibility index (Phi) is 5.27. The molecular formula is C21H26N2O2. The van der Waals surface area contributed by atoms with Crippen LogP contribution in [0.2, 0.25) is 0 Å². The number of hydrogen-bond donors (Lipinski definition) is 1. The minimum atomic E-state index is -0.164. The Balaban J connectivity index is 1.67. The minimum Gasteiger partial charge on any atom is -0.489 e. The van der Waals surface area contributed by atoms with Crippen LogP contribution in [-0.2, 0) is 6.42 Å². The first-order valence-corrected chi connectivity index (χ1v) is 8.96. The van der Waals surface area contributed by atoms with Crippen LogP contribution in [-0.4, -0.2) is 30.1 Å². The van der Waals surface area contributed by atoms with Crippen LogP contribution in [0.25, 0.3) is 0 Å². The highest BCUT2D eigenvalue weighted by Crippen LogP contribution is 2.25. The summed E-state index contributed by atoms with van der Waals surface area (Å²) in [5, 5.41) is 3.42. The fourth-order valence-corrected chi connectivity index (χ4v) is 3.21. The number of benzene rings is 2. The van der Waals surface area contributed by atoms with E-state index >= 15 is 0 Å². The van der Waals surface area contributed by atoms with Gasteiger partial charge in [0.05, 0.1) is 5.56 Å². The quantitative estimate of drug-likeness (QED) is 0.859. The number of carbonyl (C=O) groups excluding carboxylic acids is 1. The van der Waals surface area contributed by atoms with Crippen LogP contribution in [0.4, 0.5) is 5.69 Å². The van der Waals surface area contributed by atoms with Crippen molar-refractivity contribution in [2.75, 3.05) is 18.5 Å². The van der Waals surface area contributed by atoms with Crippen molar-refractivity contribution in [2.24, 2.45) is 5.92 Å². The third-order valence-electron chi connectivity index (χ3n) is 4.43. The molecule has 0 bridgehead atoms. The van der Waals surface area contributed by atoms with Crippen molar-refractivity contribution in [3.8, 4) is 5.75 Å². The van der Waals surface area contributed by atoms with E-state index in [1.807, 2.05) is 48.2 Å². The number of para-hydroxylation sites is 1. The van der Waals surface area contributed by atoms with Crippen LogP contribution in [0.1, 0.15) is 36.7 Å². The molecule has 0 aromatic heterocycles. The van der Waals surface area contributed by atoms with E-state index in [2.05, 4.69) is 31.3 Å². The number of carbonyl (C=O) groups is 1. The van der Waals surface area contributed by atoms with Gasteiger partial charge in [0.2, 0.25) is 0 Å². The highest BCUT2D eigenvalue weighted by molar-refractivity contribution is 6.01. The van der Waals surface area contributed by atoms with E-state index in [0.29, 0.717) is 19.1 Å². The normalized spacial score (nSPS) is 16.6. The zero-order valence-corrected chi connectivity index (χ0v) is 15.2. The third-order valence-corrected chi connectivity index (χ3v) is 4.43. The summed E-state index contributed by atoms with van der Waals surface area (Å²) in [7, 11) is 0. The number of nitrogens with zero attached hydrogens (tertiary/aromatic N) is 1. The summed E-state index contributed by atoms with van der Waals surface area (Å²) >= 11 is 0. The molecule has 1 atom stereocenters. The van der Waals surface area contributed by atoms with Crippen LogP contribution >= 0.6 is 0 Å². The van der Waals surface area contributed by atoms with E-state index in [1.165, 1.54) is 5.56 Å². The first-order chi connectivity index (χ1) is 12.1. The number of ether oxygens (including phenoxy) is 1. The summed E-state index contributed by atoms with van der Waals surface area (Å²) in [5.74, 6) is 1.52. The Labute approximate surface area is 149 Å². The molecule has 2 aromatic carbocycles. The Morgan fingerprint density at radius 1 is 1.12 bits per heavy atom. The van der Waals surface area contributed by atoms with E-state index in [-0.39, 0.29) is 12.1 Å². The molecule has 1 amide bonds. The smallest absolute Gasteiger partial charge is 0.257 e. The van der Waals surface area contributed by atoms with Gasteiger partial charge in [0.25, 0.3) is 5.91 Å². The fraction of sp³-hybridized carbons (Fsp3) is 0.381. The Hall–Kier alpha value is -2.49. The van der Waals surface area contributed by atoms with Gasteiger partial charge in [0.15, 0.2) is 0 Å². The highest BCUT2D eigenvalue weighted by Gasteiger charge is 2.30. The van der Waals surface area contributed by atoms with Crippen LogP contribution in [0.3, 0.4) is 0 Å². The summed E-state index contributed by atoms with van der Waals surface area (Å²) in [6, 6.07) is 15.9. The van der Waals surface area contributed by atoms with Crippen molar-refractivity contribution >= 4 is 11.6 Å². The van der Waals surface area contributed by atoms with Crippen LogP contribution in [0, 0.1) is 5.92 Å². The predicted octanol–water partition coefficient (Wildman–Crippen LogP) is 4.18. The number of likely N-dealkylation sites (N-methyl/N-ethyl adjacent to an activating group) is 1. The van der Waals surface area contributed by atoms with Gasteiger partial charge in [0.1, 0.15) is 18.5 Å². The topological polar surface area (TPSA) is 41.6 Å². The first kappa shape index (κ1) is 17.3. The lowest BCUT2D eigenvalue weighted by molar-refractivity contribution is 0.0642. The molecule has 0 spiro atoms. The van der Waals surface area contributed by atoms with Crippen molar-refractivity contribution in [3.05, 3.63) is 59.7 Å². The maximum Gasteiger partial charge on any atom is 0.257 e. The van der Waals surface area contributed by atoms with Crippen LogP contribution in [0.5, 0.6) is 5.75 Å². The molecule has 0 saturated carbocycles. The van der Waals surface area contributed by atoms with E-state index in [0.717, 1.165) is 23.4 Å². The summed E-state index contributed by atoms with van der Waals surface area (Å²) in [6.45, 7) is 7.47. The molecule has 1 heterocycles. The fourth-order valence-electron chi connectivity index (χ4n) is 3.21. The molecule has 132 valence electrons. The molecule has 1 N–H and O–H groups in total.